The molecule has 4 heterocycles. The summed E-state index contributed by atoms with van der Waals surface area (Å²) >= 11 is 9.01. The monoisotopic (exact) mass is 518 g/mol. The fraction of sp³-hybridized carbons (Fsp3) is 0.375. The molecule has 31 heavy (non-hydrogen) atoms. The first-order valence-corrected chi connectivity index (χ1v) is 12.7. The Morgan fingerprint density at radius 2 is 2.16 bits per heavy atom. The van der Waals surface area contributed by atoms with Gasteiger partial charge in [-0.25, -0.2) is 4.79 Å². The number of β-lactam (4-membered cyclic amide) rings is 1. The van der Waals surface area contributed by atoms with Gasteiger partial charge in [0.1, 0.15) is 22.1 Å². The molecule has 15 heteroatoms. The zero-order valence-corrected chi connectivity index (χ0v) is 19.8. The van der Waals surface area contributed by atoms with Gasteiger partial charge >= 0.3 is 5.97 Å². The quantitative estimate of drug-likeness (QED) is 0.362. The normalized spacial score (nSPS) is 21.4. The topological polar surface area (TPSA) is 139 Å². The van der Waals surface area contributed by atoms with Crippen molar-refractivity contribution in [2.24, 2.45) is 0 Å². The number of thiol groups is 1. The number of nitrogens with zero attached hydrogens (tertiary/aromatic N) is 3. The average Bonchev–Trinajstić information content (AvgIpc) is 3.39. The van der Waals surface area contributed by atoms with E-state index in [0.717, 1.165) is 34.0 Å². The van der Waals surface area contributed by atoms with E-state index in [2.05, 4.69) is 28.1 Å². The molecule has 3 unspecified atom stereocenters. The van der Waals surface area contributed by atoms with Crippen molar-refractivity contribution in [3.63, 3.8) is 0 Å². The molecule has 0 spiro atoms. The lowest BCUT2D eigenvalue weighted by atomic mass is 10.0. The molecule has 0 aromatic carbocycles. The molecule has 3 atom stereocenters. The van der Waals surface area contributed by atoms with Crippen LogP contribution in [0.25, 0.3) is 0 Å². The molecular formula is C16H14N4O6S5. The Bertz CT molecular complexity index is 1140. The molecule has 0 radical (unpaired) electrons. The highest BCUT2D eigenvalue weighted by molar-refractivity contribution is 8.00. The molecule has 2 aromatic rings. The van der Waals surface area contributed by atoms with Crippen molar-refractivity contribution in [1.82, 2.24) is 20.4 Å². The van der Waals surface area contributed by atoms with Gasteiger partial charge in [0.25, 0.3) is 15.2 Å². The van der Waals surface area contributed by atoms with E-state index in [0.29, 0.717) is 26.4 Å². The fourth-order valence-corrected chi connectivity index (χ4v) is 7.48. The van der Waals surface area contributed by atoms with E-state index >= 15 is 0 Å². The number of hydrogen-bond acceptors (Lipinski definition) is 12. The Labute approximate surface area is 196 Å². The minimum Gasteiger partial charge on any atom is -0.477 e. The van der Waals surface area contributed by atoms with Gasteiger partial charge in [-0.05, 0) is 5.57 Å². The highest BCUT2D eigenvalue weighted by atomic mass is 32.2. The Kier molecular flexibility index (Phi) is 6.39. The Hall–Kier alpha value is -1.94. The maximum atomic E-state index is 12.7. The lowest BCUT2D eigenvalue weighted by Crippen LogP contribution is -2.70. The third kappa shape index (κ3) is 4.24. The van der Waals surface area contributed by atoms with E-state index in [9.17, 15) is 24.3 Å². The summed E-state index contributed by atoms with van der Waals surface area (Å²) in [6, 6.07) is -0.830. The van der Waals surface area contributed by atoms with Gasteiger partial charge in [-0.15, -0.1) is 22.0 Å². The number of hydrogen-bond donors (Lipinski definition) is 3. The zero-order chi connectivity index (χ0) is 22.3. The number of carbonyl (C=O) groups excluding carboxylic acids is 2. The predicted octanol–water partition coefficient (Wildman–Crippen LogP) is 0.982. The van der Waals surface area contributed by atoms with Crippen LogP contribution in [0.3, 0.4) is 0 Å². The van der Waals surface area contributed by atoms with Crippen LogP contribution >= 0.6 is 58.4 Å². The van der Waals surface area contributed by atoms with Crippen molar-refractivity contribution in [2.75, 3.05) is 12.9 Å². The number of aliphatic carboxylic acids is 1. The van der Waals surface area contributed by atoms with E-state index in [1.165, 1.54) is 23.8 Å². The van der Waals surface area contributed by atoms with Crippen LogP contribution in [0.4, 0.5) is 0 Å². The number of amides is 2. The second-order valence-corrected chi connectivity index (χ2v) is 11.2. The van der Waals surface area contributed by atoms with Gasteiger partial charge in [-0.3, -0.25) is 19.3 Å². The number of carboxylic acid groups (broad SMARTS) is 1. The van der Waals surface area contributed by atoms with Gasteiger partial charge in [0.05, 0.1) is 18.8 Å². The third-order valence-electron chi connectivity index (χ3n) is 4.51. The molecular weight excluding hydrogens is 505 g/mol. The highest BCUT2D eigenvalue weighted by Gasteiger charge is 2.54. The molecule has 2 amide bonds. The van der Waals surface area contributed by atoms with Crippen molar-refractivity contribution >= 4 is 76.2 Å². The van der Waals surface area contributed by atoms with Gasteiger partial charge in [0, 0.05) is 16.0 Å². The first kappa shape index (κ1) is 22.3. The third-order valence-corrected chi connectivity index (χ3v) is 9.47. The van der Waals surface area contributed by atoms with Crippen molar-refractivity contribution in [1.29, 1.82) is 0 Å². The molecule has 1 fully saturated rings. The lowest BCUT2D eigenvalue weighted by Gasteiger charge is -2.49. The maximum absolute atomic E-state index is 12.7. The number of rotatable bonds is 7. The average molecular weight is 519 g/mol. The molecule has 2 aliphatic heterocycles. The van der Waals surface area contributed by atoms with Crippen LogP contribution in [0, 0.1) is 0 Å². The summed E-state index contributed by atoms with van der Waals surface area (Å²) in [6.45, 7) is 0. The molecule has 164 valence electrons. The SMILES string of the molecule is COc1nnc(C(S)C2=C(C(=O)O)N3C(=O)C(NC(=O)Cc4csc(=O)s4)C3SC2)s1. The molecule has 10 nitrogen and oxygen atoms in total. The van der Waals surface area contributed by atoms with Gasteiger partial charge < -0.3 is 15.2 Å². The fourth-order valence-electron chi connectivity index (χ4n) is 3.14. The first-order valence-electron chi connectivity index (χ1n) is 8.63. The Morgan fingerprint density at radius 3 is 2.77 bits per heavy atom. The van der Waals surface area contributed by atoms with Crippen LogP contribution in [0.2, 0.25) is 0 Å². The first-order chi connectivity index (χ1) is 14.8. The van der Waals surface area contributed by atoms with Crippen LogP contribution in [-0.4, -0.2) is 62.3 Å². The van der Waals surface area contributed by atoms with E-state index in [4.69, 9.17) is 4.74 Å². The molecule has 2 aromatic heterocycles. The second-order valence-electron chi connectivity index (χ2n) is 6.38. The summed E-state index contributed by atoms with van der Waals surface area (Å²) in [5, 5.41) is 21.5. The molecule has 1 saturated heterocycles. The number of nitrogens with one attached hydrogen (secondary N) is 1. The number of ether oxygens (including phenoxy) is 1. The van der Waals surface area contributed by atoms with Crippen LogP contribution in [0.15, 0.2) is 21.4 Å². The number of thioether (sulfide) groups is 1. The van der Waals surface area contributed by atoms with Gasteiger partial charge in [0.15, 0.2) is 0 Å². The molecule has 0 bridgehead atoms. The van der Waals surface area contributed by atoms with Crippen LogP contribution in [-0.2, 0) is 20.8 Å². The van der Waals surface area contributed by atoms with Gasteiger partial charge in [-0.2, -0.15) is 12.6 Å². The van der Waals surface area contributed by atoms with E-state index in [1.807, 2.05) is 0 Å². The minimum atomic E-state index is -1.25. The van der Waals surface area contributed by atoms with Crippen molar-refractivity contribution in [3.8, 4) is 5.19 Å². The zero-order valence-electron chi connectivity index (χ0n) is 15.6. The summed E-state index contributed by atoms with van der Waals surface area (Å²) in [7, 11) is 1.45. The standard InChI is InChI=1S/C16H14N4O6S5/c1-26-15-19-18-11(31-15)10(27)6-4-28-13-8(12(22)20(13)9(6)14(23)24)17-7(21)2-5-3-29-16(25)30-5/h3,8,10,13,27H,2,4H2,1H3,(H,17,21)(H,23,24). The highest BCUT2D eigenvalue weighted by Crippen LogP contribution is 2.46. The summed E-state index contributed by atoms with van der Waals surface area (Å²) < 4.78 is 4.92. The Morgan fingerprint density at radius 1 is 1.39 bits per heavy atom. The number of carboxylic acids is 1. The summed E-state index contributed by atoms with van der Waals surface area (Å²) in [4.78, 5) is 50.1. The van der Waals surface area contributed by atoms with E-state index in [-0.39, 0.29) is 16.2 Å². The van der Waals surface area contributed by atoms with Crippen molar-refractivity contribution in [3.05, 3.63) is 35.4 Å². The number of aromatic nitrogens is 2. The molecule has 0 saturated carbocycles. The lowest BCUT2D eigenvalue weighted by molar-refractivity contribution is -0.150. The largest absolute Gasteiger partial charge is 0.477 e. The van der Waals surface area contributed by atoms with Crippen molar-refractivity contribution < 1.29 is 24.2 Å². The molecule has 2 aliphatic rings. The second kappa shape index (κ2) is 8.90. The summed E-state index contributed by atoms with van der Waals surface area (Å²) in [6.07, 6.45) is -0.00492. The molecule has 2 N–H and O–H groups in total. The van der Waals surface area contributed by atoms with Gasteiger partial charge in [0.2, 0.25) is 5.91 Å². The van der Waals surface area contributed by atoms with Crippen LogP contribution < -0.4 is 14.1 Å². The summed E-state index contributed by atoms with van der Waals surface area (Å²) in [5.41, 5.74) is 0.279. The minimum absolute atomic E-state index is 0.00492. The number of fused-ring (bicyclic) bond motifs is 1. The van der Waals surface area contributed by atoms with E-state index < -0.39 is 34.4 Å². The number of carbonyl (C=O) groups is 3. The van der Waals surface area contributed by atoms with Crippen LogP contribution in [0.5, 0.6) is 5.19 Å². The number of methoxy groups -OCH3 is 1. The van der Waals surface area contributed by atoms with Crippen LogP contribution in [0.1, 0.15) is 15.1 Å². The smallest absolute Gasteiger partial charge is 0.352 e. The van der Waals surface area contributed by atoms with Crippen molar-refractivity contribution in [2.45, 2.75) is 23.1 Å². The predicted molar refractivity (Wildman–Crippen MR) is 120 cm³/mol. The van der Waals surface area contributed by atoms with Gasteiger partial charge in [-0.1, -0.05) is 34.0 Å². The Balaban J connectivity index is 1.51. The van der Waals surface area contributed by atoms with E-state index in [1.54, 1.807) is 5.38 Å². The summed E-state index contributed by atoms with van der Waals surface area (Å²) in [5.74, 6) is -1.86. The maximum Gasteiger partial charge on any atom is 0.352 e. The molecule has 4 rings (SSSR count). The molecule has 0 aliphatic carbocycles.